The highest BCUT2D eigenvalue weighted by Gasteiger charge is 2.23. The number of nitrogens with zero attached hydrogens (tertiary/aromatic N) is 2. The van der Waals surface area contributed by atoms with Gasteiger partial charge in [-0.25, -0.2) is 0 Å². The second kappa shape index (κ2) is 9.51. The van der Waals surface area contributed by atoms with Gasteiger partial charge in [0.05, 0.1) is 19.2 Å². The molecule has 160 valence electrons. The number of piperazine rings is 1. The van der Waals surface area contributed by atoms with E-state index in [9.17, 15) is 9.59 Å². The molecule has 4 rings (SSSR count). The van der Waals surface area contributed by atoms with Gasteiger partial charge in [0.25, 0.3) is 5.91 Å². The molecule has 0 unspecified atom stereocenters. The lowest BCUT2D eigenvalue weighted by Gasteiger charge is -2.36. The zero-order valence-corrected chi connectivity index (χ0v) is 17.6. The fraction of sp³-hybridized carbons (Fsp3) is 0.280. The lowest BCUT2D eigenvalue weighted by atomic mass is 10.1. The second-order valence-electron chi connectivity index (χ2n) is 7.56. The van der Waals surface area contributed by atoms with Crippen LogP contribution in [0.25, 0.3) is 10.8 Å². The number of methoxy groups -OCH3 is 1. The van der Waals surface area contributed by atoms with Gasteiger partial charge in [0.15, 0.2) is 6.61 Å². The molecule has 1 fully saturated rings. The SMILES string of the molecule is COc1ccccc1N1CCN(C(=O)COC(=O)Cc2ccc3ccccc3c2)CC1. The van der Waals surface area contributed by atoms with Crippen molar-refractivity contribution in [1.82, 2.24) is 4.90 Å². The molecule has 0 atom stereocenters. The maximum Gasteiger partial charge on any atom is 0.310 e. The Morgan fingerprint density at radius 3 is 2.35 bits per heavy atom. The average molecular weight is 418 g/mol. The van der Waals surface area contributed by atoms with E-state index in [1.807, 2.05) is 66.7 Å². The number of hydrogen-bond acceptors (Lipinski definition) is 5. The summed E-state index contributed by atoms with van der Waals surface area (Å²) in [6.45, 7) is 2.35. The van der Waals surface area contributed by atoms with Crippen LogP contribution in [-0.2, 0) is 20.7 Å². The molecular weight excluding hydrogens is 392 g/mol. The molecular formula is C25H26N2O4. The topological polar surface area (TPSA) is 59.1 Å². The maximum absolute atomic E-state index is 12.5. The van der Waals surface area contributed by atoms with Gasteiger partial charge >= 0.3 is 5.97 Å². The molecule has 0 aromatic heterocycles. The molecule has 0 radical (unpaired) electrons. The molecule has 3 aromatic rings. The molecule has 1 aliphatic rings. The lowest BCUT2D eigenvalue weighted by molar-refractivity contribution is -0.151. The molecule has 1 aliphatic heterocycles. The van der Waals surface area contributed by atoms with Gasteiger partial charge in [-0.2, -0.15) is 0 Å². The Hall–Kier alpha value is -3.54. The summed E-state index contributed by atoms with van der Waals surface area (Å²) in [4.78, 5) is 28.7. The van der Waals surface area contributed by atoms with Gasteiger partial charge in [0.2, 0.25) is 0 Å². The smallest absolute Gasteiger partial charge is 0.310 e. The number of benzene rings is 3. The number of esters is 1. The summed E-state index contributed by atoms with van der Waals surface area (Å²) in [5, 5.41) is 2.21. The van der Waals surface area contributed by atoms with E-state index in [0.717, 1.165) is 27.8 Å². The van der Waals surface area contributed by atoms with Crippen molar-refractivity contribution >= 4 is 28.3 Å². The number of carbonyl (C=O) groups is 2. The van der Waals surface area contributed by atoms with E-state index in [-0.39, 0.29) is 18.9 Å². The molecule has 1 saturated heterocycles. The molecule has 0 N–H and O–H groups in total. The first-order chi connectivity index (χ1) is 15.1. The van der Waals surface area contributed by atoms with Gasteiger partial charge in [-0.3, -0.25) is 9.59 Å². The average Bonchev–Trinajstić information content (AvgIpc) is 2.82. The van der Waals surface area contributed by atoms with E-state index >= 15 is 0 Å². The Bertz CT molecular complexity index is 1070. The number of carbonyl (C=O) groups excluding carboxylic acids is 2. The normalized spacial score (nSPS) is 13.8. The minimum atomic E-state index is -0.392. The predicted octanol–water partition coefficient (Wildman–Crippen LogP) is 3.28. The van der Waals surface area contributed by atoms with Crippen LogP contribution in [0.4, 0.5) is 5.69 Å². The molecule has 3 aromatic carbocycles. The highest BCUT2D eigenvalue weighted by Crippen LogP contribution is 2.28. The summed E-state index contributed by atoms with van der Waals surface area (Å²) in [6.07, 6.45) is 0.152. The Morgan fingerprint density at radius 1 is 0.871 bits per heavy atom. The molecule has 0 aliphatic carbocycles. The zero-order valence-electron chi connectivity index (χ0n) is 17.6. The van der Waals surface area contributed by atoms with Crippen molar-refractivity contribution < 1.29 is 19.1 Å². The van der Waals surface area contributed by atoms with Crippen LogP contribution in [0.15, 0.2) is 66.7 Å². The molecule has 0 spiro atoms. The Morgan fingerprint density at radius 2 is 1.58 bits per heavy atom. The Kier molecular flexibility index (Phi) is 6.36. The number of amides is 1. The molecule has 6 nitrogen and oxygen atoms in total. The van der Waals surface area contributed by atoms with Crippen LogP contribution in [0.3, 0.4) is 0 Å². The number of para-hydroxylation sites is 2. The molecule has 31 heavy (non-hydrogen) atoms. The number of anilines is 1. The van der Waals surface area contributed by atoms with Gasteiger partial charge in [-0.1, -0.05) is 54.6 Å². The number of rotatable bonds is 6. The minimum Gasteiger partial charge on any atom is -0.495 e. The standard InChI is InChI=1S/C25H26N2O4/c1-30-23-9-5-4-8-22(23)26-12-14-27(15-13-26)24(28)18-31-25(29)17-19-10-11-20-6-2-3-7-21(20)16-19/h2-11,16H,12-15,17-18H2,1H3. The van der Waals surface area contributed by atoms with Crippen LogP contribution in [0, 0.1) is 0 Å². The van der Waals surface area contributed by atoms with Crippen LogP contribution in [0.5, 0.6) is 5.75 Å². The summed E-state index contributed by atoms with van der Waals surface area (Å²) < 4.78 is 10.7. The fourth-order valence-corrected chi connectivity index (χ4v) is 3.89. The first-order valence-electron chi connectivity index (χ1n) is 10.4. The maximum atomic E-state index is 12.5. The Labute approximate surface area is 182 Å². The lowest BCUT2D eigenvalue weighted by Crippen LogP contribution is -2.50. The van der Waals surface area contributed by atoms with Crippen molar-refractivity contribution in [3.8, 4) is 5.75 Å². The summed E-state index contributed by atoms with van der Waals surface area (Å²) in [6, 6.07) is 21.8. The number of fused-ring (bicyclic) bond motifs is 1. The molecule has 0 saturated carbocycles. The first-order valence-corrected chi connectivity index (χ1v) is 10.4. The van der Waals surface area contributed by atoms with Gasteiger partial charge in [0.1, 0.15) is 5.75 Å². The third-order valence-electron chi connectivity index (χ3n) is 5.58. The van der Waals surface area contributed by atoms with Crippen molar-refractivity contribution in [3.63, 3.8) is 0 Å². The van der Waals surface area contributed by atoms with Crippen LogP contribution in [0.1, 0.15) is 5.56 Å². The molecule has 1 amide bonds. The highest BCUT2D eigenvalue weighted by molar-refractivity contribution is 5.85. The summed E-state index contributed by atoms with van der Waals surface area (Å²) in [5.74, 6) is 0.271. The minimum absolute atomic E-state index is 0.152. The quantitative estimate of drug-likeness (QED) is 0.575. The number of ether oxygens (including phenoxy) is 2. The van der Waals surface area contributed by atoms with Gasteiger partial charge in [-0.15, -0.1) is 0 Å². The highest BCUT2D eigenvalue weighted by atomic mass is 16.5. The Balaban J connectivity index is 1.25. The van der Waals surface area contributed by atoms with E-state index in [0.29, 0.717) is 26.2 Å². The summed E-state index contributed by atoms with van der Waals surface area (Å²) in [5.41, 5.74) is 1.90. The van der Waals surface area contributed by atoms with Crippen LogP contribution in [-0.4, -0.2) is 56.7 Å². The third-order valence-corrected chi connectivity index (χ3v) is 5.58. The van der Waals surface area contributed by atoms with Crippen molar-refractivity contribution in [2.45, 2.75) is 6.42 Å². The summed E-state index contributed by atoms with van der Waals surface area (Å²) in [7, 11) is 1.66. The van der Waals surface area contributed by atoms with E-state index < -0.39 is 5.97 Å². The van der Waals surface area contributed by atoms with Crippen molar-refractivity contribution in [2.24, 2.45) is 0 Å². The summed E-state index contributed by atoms with van der Waals surface area (Å²) >= 11 is 0. The number of hydrogen-bond donors (Lipinski definition) is 0. The van der Waals surface area contributed by atoms with E-state index in [1.165, 1.54) is 0 Å². The van der Waals surface area contributed by atoms with Crippen molar-refractivity contribution in [3.05, 3.63) is 72.3 Å². The molecule has 6 heteroatoms. The molecule has 0 bridgehead atoms. The van der Waals surface area contributed by atoms with E-state index in [4.69, 9.17) is 9.47 Å². The van der Waals surface area contributed by atoms with E-state index in [2.05, 4.69) is 4.90 Å². The molecule has 1 heterocycles. The second-order valence-corrected chi connectivity index (χ2v) is 7.56. The van der Waals surface area contributed by atoms with Crippen LogP contribution in [0.2, 0.25) is 0 Å². The van der Waals surface area contributed by atoms with E-state index in [1.54, 1.807) is 12.0 Å². The van der Waals surface area contributed by atoms with Crippen LogP contribution >= 0.6 is 0 Å². The van der Waals surface area contributed by atoms with Gasteiger partial charge < -0.3 is 19.3 Å². The van der Waals surface area contributed by atoms with Gasteiger partial charge in [0, 0.05) is 26.2 Å². The zero-order chi connectivity index (χ0) is 21.6. The first kappa shape index (κ1) is 20.7. The monoisotopic (exact) mass is 418 g/mol. The third kappa shape index (κ3) is 4.97. The van der Waals surface area contributed by atoms with Gasteiger partial charge in [-0.05, 0) is 28.5 Å². The van der Waals surface area contributed by atoms with Crippen LogP contribution < -0.4 is 9.64 Å². The largest absolute Gasteiger partial charge is 0.495 e. The van der Waals surface area contributed by atoms with Crippen molar-refractivity contribution in [2.75, 3.05) is 44.8 Å². The predicted molar refractivity (Wildman–Crippen MR) is 120 cm³/mol. The fourth-order valence-electron chi connectivity index (χ4n) is 3.89. The van der Waals surface area contributed by atoms with Crippen molar-refractivity contribution in [1.29, 1.82) is 0 Å².